The average Bonchev–Trinajstić information content (AvgIpc) is 2.80. The molecule has 0 aromatic heterocycles. The van der Waals surface area contributed by atoms with E-state index in [1.165, 1.54) is 31.4 Å². The average molecular weight is 476 g/mol. The summed E-state index contributed by atoms with van der Waals surface area (Å²) in [6.07, 6.45) is 7.98. The molecule has 2 unspecified atom stereocenters. The van der Waals surface area contributed by atoms with Crippen molar-refractivity contribution in [1.82, 2.24) is 5.32 Å². The number of hydrogen-bond donors (Lipinski definition) is 1. The van der Waals surface area contributed by atoms with Gasteiger partial charge in [-0.3, -0.25) is 10.1 Å². The molecule has 32 heavy (non-hydrogen) atoms. The zero-order chi connectivity index (χ0) is 22.9. The fourth-order valence-electron chi connectivity index (χ4n) is 3.63. The largest absolute Gasteiger partial charge is 0.482 e. The second-order valence-corrected chi connectivity index (χ2v) is 8.73. The van der Waals surface area contributed by atoms with E-state index in [-0.39, 0.29) is 19.1 Å². The van der Waals surface area contributed by atoms with E-state index < -0.39 is 5.97 Å². The van der Waals surface area contributed by atoms with Crippen molar-refractivity contribution in [3.8, 4) is 5.75 Å². The van der Waals surface area contributed by atoms with Crippen molar-refractivity contribution in [2.45, 2.75) is 38.6 Å². The number of hydrogen-bond acceptors (Lipinski definition) is 5. The molecule has 3 rings (SSSR count). The molecule has 1 N–H and O–H groups in total. The summed E-state index contributed by atoms with van der Waals surface area (Å²) >= 11 is 11.8. The molecule has 0 amide bonds. The van der Waals surface area contributed by atoms with Gasteiger partial charge >= 0.3 is 5.97 Å². The Morgan fingerprint density at radius 3 is 2.53 bits per heavy atom. The molecule has 0 radical (unpaired) electrons. The molecular weight excluding hydrogens is 449 g/mol. The topological polar surface area (TPSA) is 64.6 Å². The molecule has 0 saturated heterocycles. The number of esters is 1. The Morgan fingerprint density at radius 1 is 1.06 bits per heavy atom. The Labute approximate surface area is 198 Å². The molecule has 2 atom stereocenters. The third kappa shape index (κ3) is 7.37. The summed E-state index contributed by atoms with van der Waals surface area (Å²) < 4.78 is 10.7. The van der Waals surface area contributed by atoms with Gasteiger partial charge in [0.25, 0.3) is 0 Å². The maximum absolute atomic E-state index is 12.3. The van der Waals surface area contributed by atoms with E-state index in [9.17, 15) is 9.59 Å². The minimum Gasteiger partial charge on any atom is -0.482 e. The number of ketones is 1. The molecule has 1 aliphatic rings. The van der Waals surface area contributed by atoms with Crippen molar-refractivity contribution in [3.63, 3.8) is 0 Å². The fourth-order valence-corrected chi connectivity index (χ4v) is 3.92. The number of halogens is 2. The van der Waals surface area contributed by atoms with Gasteiger partial charge in [0.15, 0.2) is 12.4 Å². The van der Waals surface area contributed by atoms with E-state index in [0.29, 0.717) is 33.3 Å². The lowest BCUT2D eigenvalue weighted by molar-refractivity contribution is -0.147. The van der Waals surface area contributed by atoms with Crippen LogP contribution >= 0.6 is 23.2 Å². The van der Waals surface area contributed by atoms with E-state index in [2.05, 4.69) is 12.2 Å². The Kier molecular flexibility index (Phi) is 9.15. The molecule has 5 nitrogen and oxygen atoms in total. The molecule has 0 aliphatic heterocycles. The Morgan fingerprint density at radius 2 is 1.81 bits per heavy atom. The zero-order valence-corrected chi connectivity index (χ0v) is 19.5. The van der Waals surface area contributed by atoms with E-state index in [4.69, 9.17) is 32.7 Å². The highest BCUT2D eigenvalue weighted by molar-refractivity contribution is 6.42. The Hall–Kier alpha value is -2.34. The molecule has 7 heteroatoms. The minimum atomic E-state index is -0.419. The summed E-state index contributed by atoms with van der Waals surface area (Å²) in [5.74, 6) is 0.550. The molecular formula is C25H27Cl2NO4. The van der Waals surface area contributed by atoms with E-state index in [0.717, 1.165) is 12.0 Å². The van der Waals surface area contributed by atoms with Crippen molar-refractivity contribution in [1.29, 1.82) is 0 Å². The quantitative estimate of drug-likeness (QED) is 0.210. The van der Waals surface area contributed by atoms with Gasteiger partial charge in [-0.05, 0) is 60.7 Å². The monoisotopic (exact) mass is 475 g/mol. The summed E-state index contributed by atoms with van der Waals surface area (Å²) in [6.45, 7) is 2.27. The molecule has 1 aliphatic carbocycles. The van der Waals surface area contributed by atoms with Crippen molar-refractivity contribution in [2.24, 2.45) is 5.92 Å². The summed E-state index contributed by atoms with van der Waals surface area (Å²) in [6, 6.07) is 12.2. The predicted octanol–water partition coefficient (Wildman–Crippen LogP) is 5.94. The van der Waals surface area contributed by atoms with Crippen molar-refractivity contribution < 1.29 is 19.1 Å². The molecule has 0 heterocycles. The van der Waals surface area contributed by atoms with Gasteiger partial charge in [0.2, 0.25) is 0 Å². The lowest BCUT2D eigenvalue weighted by atomic mass is 9.86. The first kappa shape index (κ1) is 24.3. The van der Waals surface area contributed by atoms with Crippen LogP contribution in [0.3, 0.4) is 0 Å². The minimum absolute atomic E-state index is 0.160. The van der Waals surface area contributed by atoms with Crippen LogP contribution in [-0.4, -0.2) is 31.1 Å². The highest BCUT2D eigenvalue weighted by Gasteiger charge is 2.20. The van der Waals surface area contributed by atoms with Crippen LogP contribution in [-0.2, 0) is 9.53 Å². The van der Waals surface area contributed by atoms with Gasteiger partial charge in [0.1, 0.15) is 12.5 Å². The van der Waals surface area contributed by atoms with Crippen LogP contribution in [0.1, 0.15) is 48.5 Å². The van der Waals surface area contributed by atoms with Crippen LogP contribution in [0, 0.1) is 5.92 Å². The van der Waals surface area contributed by atoms with Crippen molar-refractivity contribution >= 4 is 41.0 Å². The van der Waals surface area contributed by atoms with Crippen LogP contribution in [0.4, 0.5) is 0 Å². The first-order valence-corrected chi connectivity index (χ1v) is 11.5. The number of allylic oxidation sites excluding steroid dienone is 1. The zero-order valence-electron chi connectivity index (χ0n) is 18.0. The lowest BCUT2D eigenvalue weighted by Crippen LogP contribution is -2.39. The maximum atomic E-state index is 12.3. The summed E-state index contributed by atoms with van der Waals surface area (Å²) in [5, 5.41) is 4.04. The predicted molar refractivity (Wildman–Crippen MR) is 127 cm³/mol. The highest BCUT2D eigenvalue weighted by Crippen LogP contribution is 2.24. The summed E-state index contributed by atoms with van der Waals surface area (Å²) in [7, 11) is 0. The SMILES string of the molecule is CC1CCCCC1NCOC(=O)COc1ccc(/C=C/C(=O)c2ccc(Cl)c(Cl)c2)cc1. The second-order valence-electron chi connectivity index (χ2n) is 7.92. The number of carbonyl (C=O) groups is 2. The standard InChI is InChI=1S/C25H27Cl2NO4/c1-17-4-2-3-5-23(17)28-16-32-25(30)15-31-20-10-6-18(7-11-20)8-13-24(29)19-9-12-21(26)22(27)14-19/h6-14,17,23,28H,2-5,15-16H2,1H3/b13-8+. The third-order valence-electron chi connectivity index (χ3n) is 5.56. The molecule has 2 aromatic rings. The molecule has 1 saturated carbocycles. The normalized spacial score (nSPS) is 18.5. The smallest absolute Gasteiger partial charge is 0.345 e. The van der Waals surface area contributed by atoms with Gasteiger partial charge < -0.3 is 9.47 Å². The van der Waals surface area contributed by atoms with Crippen molar-refractivity contribution in [3.05, 3.63) is 69.7 Å². The van der Waals surface area contributed by atoms with Gasteiger partial charge in [-0.1, -0.05) is 61.2 Å². The van der Waals surface area contributed by atoms with Crippen LogP contribution in [0.25, 0.3) is 6.08 Å². The maximum Gasteiger partial charge on any atom is 0.345 e. The molecule has 1 fully saturated rings. The van der Waals surface area contributed by atoms with Crippen LogP contribution in [0.2, 0.25) is 10.0 Å². The first-order valence-electron chi connectivity index (χ1n) is 10.7. The van der Waals surface area contributed by atoms with E-state index in [1.54, 1.807) is 42.5 Å². The number of ether oxygens (including phenoxy) is 2. The highest BCUT2D eigenvalue weighted by atomic mass is 35.5. The molecule has 170 valence electrons. The van der Waals surface area contributed by atoms with Crippen molar-refractivity contribution in [2.75, 3.05) is 13.3 Å². The molecule has 0 bridgehead atoms. The van der Waals surface area contributed by atoms with Gasteiger partial charge in [-0.25, -0.2) is 4.79 Å². The molecule has 0 spiro atoms. The summed E-state index contributed by atoms with van der Waals surface area (Å²) in [4.78, 5) is 24.2. The number of nitrogens with one attached hydrogen (secondary N) is 1. The van der Waals surface area contributed by atoms with Gasteiger partial charge in [-0.15, -0.1) is 0 Å². The van der Waals surface area contributed by atoms with Crippen LogP contribution < -0.4 is 10.1 Å². The number of benzene rings is 2. The second kappa shape index (κ2) is 12.0. The summed E-state index contributed by atoms with van der Waals surface area (Å²) in [5.41, 5.74) is 1.28. The first-order chi connectivity index (χ1) is 15.4. The Bertz CT molecular complexity index is 959. The molecule has 2 aromatic carbocycles. The third-order valence-corrected chi connectivity index (χ3v) is 6.30. The lowest BCUT2D eigenvalue weighted by Gasteiger charge is -2.29. The van der Waals surface area contributed by atoms with Gasteiger partial charge in [0, 0.05) is 11.6 Å². The Balaban J connectivity index is 1.41. The van der Waals surface area contributed by atoms with Gasteiger partial charge in [0.05, 0.1) is 10.0 Å². The van der Waals surface area contributed by atoms with Crippen LogP contribution in [0.5, 0.6) is 5.75 Å². The van der Waals surface area contributed by atoms with E-state index >= 15 is 0 Å². The number of carbonyl (C=O) groups excluding carboxylic acids is 2. The number of rotatable bonds is 9. The van der Waals surface area contributed by atoms with Crippen LogP contribution in [0.15, 0.2) is 48.5 Å². The van der Waals surface area contributed by atoms with E-state index in [1.807, 2.05) is 0 Å². The fraction of sp³-hybridized carbons (Fsp3) is 0.360. The van der Waals surface area contributed by atoms with Gasteiger partial charge in [-0.2, -0.15) is 0 Å².